The Labute approximate surface area is 179 Å². The van der Waals surface area contributed by atoms with Gasteiger partial charge in [0.25, 0.3) is 11.1 Å². The van der Waals surface area contributed by atoms with Gasteiger partial charge in [-0.05, 0) is 59.8 Å². The molecule has 4 rings (SSSR count). The molecule has 2 aromatic carbocycles. The first kappa shape index (κ1) is 19.1. The Morgan fingerprint density at radius 1 is 1.04 bits per heavy atom. The minimum absolute atomic E-state index is 0.220. The van der Waals surface area contributed by atoms with Crippen LogP contribution in [0.1, 0.15) is 11.3 Å². The van der Waals surface area contributed by atoms with Crippen molar-refractivity contribution in [2.24, 2.45) is 0 Å². The van der Waals surface area contributed by atoms with E-state index in [1.807, 2.05) is 42.5 Å². The average Bonchev–Trinajstić information content (AvgIpc) is 3.24. The van der Waals surface area contributed by atoms with Crippen LogP contribution in [0.4, 0.5) is 4.79 Å². The second-order valence-corrected chi connectivity index (χ2v) is 8.35. The molecule has 0 N–H and O–H groups in total. The fourth-order valence-corrected chi connectivity index (χ4v) is 4.12. The third kappa shape index (κ3) is 3.94. The van der Waals surface area contributed by atoms with E-state index >= 15 is 0 Å². The van der Waals surface area contributed by atoms with Crippen molar-refractivity contribution in [3.8, 4) is 11.3 Å². The molecule has 1 saturated heterocycles. The Bertz CT molecular complexity index is 1090. The molecule has 0 radical (unpaired) electrons. The monoisotopic (exact) mass is 473 g/mol. The summed E-state index contributed by atoms with van der Waals surface area (Å²) in [6, 6.07) is 18.4. The third-order valence-electron chi connectivity index (χ3n) is 4.19. The van der Waals surface area contributed by atoms with Gasteiger partial charge in [-0.1, -0.05) is 45.7 Å². The summed E-state index contributed by atoms with van der Waals surface area (Å²) in [5.74, 6) is 0.849. The van der Waals surface area contributed by atoms with Crippen LogP contribution in [-0.4, -0.2) is 16.0 Å². The Kier molecular flexibility index (Phi) is 5.44. The molecule has 0 spiro atoms. The van der Waals surface area contributed by atoms with Crippen LogP contribution in [0.5, 0.6) is 0 Å². The van der Waals surface area contributed by atoms with Gasteiger partial charge in [0.2, 0.25) is 0 Å². The molecule has 1 aliphatic heterocycles. The summed E-state index contributed by atoms with van der Waals surface area (Å²) in [4.78, 5) is 26.6. The van der Waals surface area contributed by atoms with Gasteiger partial charge in [0.1, 0.15) is 11.5 Å². The summed E-state index contributed by atoms with van der Waals surface area (Å²) in [6.45, 7) is 0.220. The van der Waals surface area contributed by atoms with Gasteiger partial charge >= 0.3 is 0 Å². The van der Waals surface area contributed by atoms with Gasteiger partial charge < -0.3 is 4.42 Å². The van der Waals surface area contributed by atoms with Gasteiger partial charge in [-0.3, -0.25) is 14.5 Å². The summed E-state index contributed by atoms with van der Waals surface area (Å²) in [5.41, 5.74) is 1.75. The summed E-state index contributed by atoms with van der Waals surface area (Å²) < 4.78 is 6.66. The number of benzene rings is 2. The lowest BCUT2D eigenvalue weighted by Crippen LogP contribution is -2.27. The summed E-state index contributed by atoms with van der Waals surface area (Å²) in [7, 11) is 0. The van der Waals surface area contributed by atoms with Crippen molar-refractivity contribution in [1.29, 1.82) is 0 Å². The van der Waals surface area contributed by atoms with E-state index in [2.05, 4.69) is 15.9 Å². The molecule has 0 atom stereocenters. The van der Waals surface area contributed by atoms with Crippen molar-refractivity contribution < 1.29 is 14.0 Å². The normalized spacial score (nSPS) is 15.6. The lowest BCUT2D eigenvalue weighted by molar-refractivity contribution is -0.123. The fourth-order valence-electron chi connectivity index (χ4n) is 2.76. The zero-order valence-electron chi connectivity index (χ0n) is 14.4. The molecule has 7 heteroatoms. The molecule has 0 saturated carbocycles. The SMILES string of the molecule is O=C1S/C(=C/c2ccc(-c3ccc(Cl)cc3)o2)C(=O)N1Cc1ccccc1Br. The van der Waals surface area contributed by atoms with E-state index in [4.69, 9.17) is 16.0 Å². The van der Waals surface area contributed by atoms with E-state index in [9.17, 15) is 9.59 Å². The van der Waals surface area contributed by atoms with Crippen LogP contribution in [0.3, 0.4) is 0 Å². The van der Waals surface area contributed by atoms with E-state index in [1.165, 1.54) is 4.90 Å². The number of imide groups is 1. The third-order valence-corrected chi connectivity index (χ3v) is 6.12. The van der Waals surface area contributed by atoms with Crippen LogP contribution < -0.4 is 0 Å². The van der Waals surface area contributed by atoms with Crippen LogP contribution in [0, 0.1) is 0 Å². The number of amides is 2. The van der Waals surface area contributed by atoms with Gasteiger partial charge in [0.15, 0.2) is 0 Å². The van der Waals surface area contributed by atoms with E-state index in [0.717, 1.165) is 27.4 Å². The van der Waals surface area contributed by atoms with Gasteiger partial charge in [-0.25, -0.2) is 0 Å². The highest BCUT2D eigenvalue weighted by molar-refractivity contribution is 9.10. The molecule has 0 bridgehead atoms. The number of carbonyl (C=O) groups excluding carboxylic acids is 2. The van der Waals surface area contributed by atoms with Crippen molar-refractivity contribution in [2.45, 2.75) is 6.54 Å². The van der Waals surface area contributed by atoms with Crippen LogP contribution in [0.2, 0.25) is 5.02 Å². The van der Waals surface area contributed by atoms with Crippen LogP contribution in [0.25, 0.3) is 17.4 Å². The fraction of sp³-hybridized carbons (Fsp3) is 0.0476. The summed E-state index contributed by atoms with van der Waals surface area (Å²) in [6.07, 6.45) is 1.60. The Hall–Kier alpha value is -2.28. The summed E-state index contributed by atoms with van der Waals surface area (Å²) >= 11 is 10.3. The van der Waals surface area contributed by atoms with Crippen LogP contribution >= 0.6 is 39.3 Å². The van der Waals surface area contributed by atoms with Gasteiger partial charge in [0.05, 0.1) is 11.4 Å². The molecule has 4 nitrogen and oxygen atoms in total. The zero-order valence-corrected chi connectivity index (χ0v) is 17.6. The molecule has 2 amide bonds. The molecule has 1 aliphatic rings. The Morgan fingerprint density at radius 3 is 2.54 bits per heavy atom. The van der Waals surface area contributed by atoms with Gasteiger partial charge in [-0.15, -0.1) is 0 Å². The van der Waals surface area contributed by atoms with Crippen molar-refractivity contribution >= 4 is 56.5 Å². The average molecular weight is 475 g/mol. The van der Waals surface area contributed by atoms with Gasteiger partial charge in [0, 0.05) is 21.1 Å². The number of thioether (sulfide) groups is 1. The zero-order chi connectivity index (χ0) is 19.7. The quantitative estimate of drug-likeness (QED) is 0.400. The number of carbonyl (C=O) groups is 2. The highest BCUT2D eigenvalue weighted by Crippen LogP contribution is 2.35. The molecule has 0 aliphatic carbocycles. The maximum absolute atomic E-state index is 12.7. The number of halogens is 2. The maximum Gasteiger partial charge on any atom is 0.293 e. The maximum atomic E-state index is 12.7. The standard InChI is InChI=1S/C21H13BrClNO3S/c22-17-4-2-1-3-14(17)12-24-20(25)19(28-21(24)26)11-16-9-10-18(27-16)13-5-7-15(23)8-6-13/h1-11H,12H2/b19-11+. The Morgan fingerprint density at radius 2 is 1.79 bits per heavy atom. The molecule has 1 aromatic heterocycles. The Balaban J connectivity index is 1.54. The minimum Gasteiger partial charge on any atom is -0.457 e. The largest absolute Gasteiger partial charge is 0.457 e. The first-order valence-electron chi connectivity index (χ1n) is 8.36. The second-order valence-electron chi connectivity index (χ2n) is 6.07. The second kappa shape index (κ2) is 7.99. The van der Waals surface area contributed by atoms with Crippen molar-refractivity contribution in [3.05, 3.63) is 86.4 Å². The number of hydrogen-bond acceptors (Lipinski definition) is 4. The number of nitrogens with zero attached hydrogens (tertiary/aromatic N) is 1. The van der Waals surface area contributed by atoms with Crippen LogP contribution in [-0.2, 0) is 11.3 Å². The highest BCUT2D eigenvalue weighted by atomic mass is 79.9. The predicted octanol–water partition coefficient (Wildman–Crippen LogP) is 6.60. The molecule has 140 valence electrons. The summed E-state index contributed by atoms with van der Waals surface area (Å²) in [5, 5.41) is 0.353. The number of hydrogen-bond donors (Lipinski definition) is 0. The number of furan rings is 1. The molecule has 0 unspecified atom stereocenters. The number of rotatable bonds is 4. The highest BCUT2D eigenvalue weighted by Gasteiger charge is 2.35. The van der Waals surface area contributed by atoms with Crippen molar-refractivity contribution in [1.82, 2.24) is 4.90 Å². The smallest absolute Gasteiger partial charge is 0.293 e. The molecular formula is C21H13BrClNO3S. The van der Waals surface area contributed by atoms with Crippen molar-refractivity contribution in [3.63, 3.8) is 0 Å². The first-order valence-corrected chi connectivity index (χ1v) is 10.3. The molecule has 2 heterocycles. The van der Waals surface area contributed by atoms with E-state index < -0.39 is 0 Å². The molecule has 28 heavy (non-hydrogen) atoms. The lowest BCUT2D eigenvalue weighted by atomic mass is 10.2. The first-order chi connectivity index (χ1) is 13.5. The molecule has 1 fully saturated rings. The predicted molar refractivity (Wildman–Crippen MR) is 115 cm³/mol. The molecule has 3 aromatic rings. The molecular weight excluding hydrogens is 462 g/mol. The lowest BCUT2D eigenvalue weighted by Gasteiger charge is -2.13. The van der Waals surface area contributed by atoms with E-state index in [0.29, 0.717) is 21.4 Å². The minimum atomic E-state index is -0.324. The van der Waals surface area contributed by atoms with Gasteiger partial charge in [-0.2, -0.15) is 0 Å². The van der Waals surface area contributed by atoms with E-state index in [-0.39, 0.29) is 17.7 Å². The van der Waals surface area contributed by atoms with Crippen LogP contribution in [0.15, 0.2) is 74.5 Å². The van der Waals surface area contributed by atoms with Crippen molar-refractivity contribution in [2.75, 3.05) is 0 Å². The van der Waals surface area contributed by atoms with E-state index in [1.54, 1.807) is 24.3 Å². The topological polar surface area (TPSA) is 50.5 Å².